The Morgan fingerprint density at radius 1 is 0.660 bits per heavy atom. The second-order valence-electron chi connectivity index (χ2n) is 10.6. The van der Waals surface area contributed by atoms with Crippen molar-refractivity contribution in [1.82, 2.24) is 21.3 Å². The second kappa shape index (κ2) is 21.6. The molecular formula is C33H44N8O6. The van der Waals surface area contributed by atoms with Gasteiger partial charge in [0.1, 0.15) is 12.1 Å². The van der Waals surface area contributed by atoms with Crippen molar-refractivity contribution >= 4 is 47.4 Å². The second-order valence-corrected chi connectivity index (χ2v) is 10.6. The number of unbranched alkanes of at least 4 members (excludes halogenated alkanes) is 2. The third-order valence-corrected chi connectivity index (χ3v) is 6.72. The molecule has 0 bridgehead atoms. The van der Waals surface area contributed by atoms with Crippen LogP contribution in [0.3, 0.4) is 0 Å². The van der Waals surface area contributed by atoms with Gasteiger partial charge in [-0.1, -0.05) is 36.4 Å². The molecule has 252 valence electrons. The lowest BCUT2D eigenvalue weighted by Crippen LogP contribution is -2.45. The quantitative estimate of drug-likeness (QED) is 0.0934. The van der Waals surface area contributed by atoms with E-state index in [0.29, 0.717) is 49.9 Å². The van der Waals surface area contributed by atoms with Crippen molar-refractivity contribution in [1.29, 1.82) is 0 Å². The lowest BCUT2D eigenvalue weighted by atomic mass is 10.1. The maximum atomic E-state index is 13.0. The largest absolute Gasteiger partial charge is 0.343 e. The first-order chi connectivity index (χ1) is 22.6. The summed E-state index contributed by atoms with van der Waals surface area (Å²) in [5.41, 5.74) is 12.0. The SMILES string of the molecule is CC(C=NC(=O)[C@H](CCCCN)NC(=O)CNC(=O)c1ccccc1)=NC(=O)[C@H](CCCCN)NC(=O)CNC(=O)c1ccccc1. The normalized spacial score (nSPS) is 12.5. The van der Waals surface area contributed by atoms with Gasteiger partial charge >= 0.3 is 0 Å². The van der Waals surface area contributed by atoms with Crippen molar-refractivity contribution in [2.24, 2.45) is 21.5 Å². The van der Waals surface area contributed by atoms with Gasteiger partial charge in [-0.2, -0.15) is 0 Å². The van der Waals surface area contributed by atoms with Crippen LogP contribution in [0.2, 0.25) is 0 Å². The zero-order chi connectivity index (χ0) is 34.4. The molecule has 14 nitrogen and oxygen atoms in total. The van der Waals surface area contributed by atoms with Crippen molar-refractivity contribution in [2.75, 3.05) is 26.2 Å². The van der Waals surface area contributed by atoms with E-state index in [-0.39, 0.29) is 31.6 Å². The standard InChI is InChI=1S/C33H44N8O6/c1-23(39-33(47)27(17-9-11-19-35)41-29(43)22-38-31(45)25-14-6-3-7-15-25)20-36-32(46)26(16-8-10-18-34)40-28(42)21-37-30(44)24-12-4-2-5-13-24/h2-7,12-15,20,26-27H,8-11,16-19,21-22,34-35H2,1H3,(H,37,44)(H,38,45)(H,40,42)(H,41,43)/t26-,27-/m0/s1. The predicted molar refractivity (Wildman–Crippen MR) is 179 cm³/mol. The molecule has 0 saturated heterocycles. The molecule has 8 N–H and O–H groups in total. The molecule has 2 atom stereocenters. The van der Waals surface area contributed by atoms with Gasteiger partial charge in [-0.3, -0.25) is 28.8 Å². The van der Waals surface area contributed by atoms with Crippen LogP contribution in [-0.4, -0.2) is 85.6 Å². The number of hydrogen-bond acceptors (Lipinski definition) is 8. The van der Waals surface area contributed by atoms with Crippen LogP contribution in [0.1, 0.15) is 66.2 Å². The summed E-state index contributed by atoms with van der Waals surface area (Å²) >= 11 is 0. The fourth-order valence-corrected chi connectivity index (χ4v) is 4.22. The van der Waals surface area contributed by atoms with Crippen LogP contribution in [0.5, 0.6) is 0 Å². The fourth-order valence-electron chi connectivity index (χ4n) is 4.22. The molecule has 0 aliphatic heterocycles. The molecule has 0 saturated carbocycles. The Labute approximate surface area is 274 Å². The molecule has 0 unspecified atom stereocenters. The molecule has 0 aromatic heterocycles. The van der Waals surface area contributed by atoms with Gasteiger partial charge in [0.05, 0.1) is 25.0 Å². The first kappa shape index (κ1) is 38.1. The Morgan fingerprint density at radius 2 is 1.09 bits per heavy atom. The van der Waals surface area contributed by atoms with Gasteiger partial charge in [0.2, 0.25) is 11.8 Å². The predicted octanol–water partition coefficient (Wildman–Crippen LogP) is 0.659. The van der Waals surface area contributed by atoms with Gasteiger partial charge in [0, 0.05) is 11.1 Å². The summed E-state index contributed by atoms with van der Waals surface area (Å²) in [5.74, 6) is -3.36. The minimum Gasteiger partial charge on any atom is -0.343 e. The van der Waals surface area contributed by atoms with Gasteiger partial charge in [-0.25, -0.2) is 9.98 Å². The highest BCUT2D eigenvalue weighted by Gasteiger charge is 2.22. The Bertz CT molecular complexity index is 1400. The lowest BCUT2D eigenvalue weighted by Gasteiger charge is -2.16. The Morgan fingerprint density at radius 3 is 1.51 bits per heavy atom. The third-order valence-electron chi connectivity index (χ3n) is 6.72. The number of benzene rings is 2. The molecule has 2 aromatic rings. The molecule has 0 fully saturated rings. The zero-order valence-corrected chi connectivity index (χ0v) is 26.6. The molecule has 0 radical (unpaired) electrons. The van der Waals surface area contributed by atoms with Crippen molar-refractivity contribution in [2.45, 2.75) is 57.5 Å². The average molecular weight is 649 g/mol. The summed E-state index contributed by atoms with van der Waals surface area (Å²) in [6.07, 6.45) is 3.96. The van der Waals surface area contributed by atoms with Crippen molar-refractivity contribution in [3.63, 3.8) is 0 Å². The van der Waals surface area contributed by atoms with E-state index in [9.17, 15) is 28.8 Å². The summed E-state index contributed by atoms with van der Waals surface area (Å²) in [5, 5.41) is 10.2. The van der Waals surface area contributed by atoms with Crippen LogP contribution in [0.15, 0.2) is 70.6 Å². The smallest absolute Gasteiger partial charge is 0.268 e. The molecule has 2 rings (SSSR count). The lowest BCUT2D eigenvalue weighted by molar-refractivity contribution is -0.126. The van der Waals surface area contributed by atoms with Crippen LogP contribution in [0.25, 0.3) is 0 Å². The van der Waals surface area contributed by atoms with Crippen molar-refractivity contribution < 1.29 is 28.8 Å². The summed E-state index contributed by atoms with van der Waals surface area (Å²) < 4.78 is 0. The number of nitrogens with two attached hydrogens (primary N) is 2. The first-order valence-corrected chi connectivity index (χ1v) is 15.5. The molecular weight excluding hydrogens is 604 g/mol. The number of amides is 6. The van der Waals surface area contributed by atoms with Crippen molar-refractivity contribution in [3.8, 4) is 0 Å². The number of nitrogens with one attached hydrogen (secondary N) is 4. The highest BCUT2D eigenvalue weighted by atomic mass is 16.2. The van der Waals surface area contributed by atoms with Crippen LogP contribution in [0, 0.1) is 0 Å². The van der Waals surface area contributed by atoms with Crippen LogP contribution < -0.4 is 32.7 Å². The van der Waals surface area contributed by atoms with Crippen LogP contribution in [-0.2, 0) is 19.2 Å². The van der Waals surface area contributed by atoms with Crippen LogP contribution >= 0.6 is 0 Å². The average Bonchev–Trinajstić information content (AvgIpc) is 3.08. The van der Waals surface area contributed by atoms with E-state index in [4.69, 9.17) is 11.5 Å². The summed E-state index contributed by atoms with van der Waals surface area (Å²) in [4.78, 5) is 83.5. The zero-order valence-electron chi connectivity index (χ0n) is 26.6. The molecule has 0 heterocycles. The number of hydrogen-bond donors (Lipinski definition) is 6. The summed E-state index contributed by atoms with van der Waals surface area (Å²) in [7, 11) is 0. The maximum absolute atomic E-state index is 13.0. The highest BCUT2D eigenvalue weighted by molar-refractivity contribution is 6.33. The van der Waals surface area contributed by atoms with Gasteiger partial charge in [0.15, 0.2) is 0 Å². The highest BCUT2D eigenvalue weighted by Crippen LogP contribution is 2.05. The number of nitrogens with zero attached hydrogens (tertiary/aromatic N) is 2. The molecule has 0 aliphatic rings. The minimum atomic E-state index is -0.990. The van der Waals surface area contributed by atoms with E-state index in [1.165, 1.54) is 6.92 Å². The minimum absolute atomic E-state index is 0.0981. The van der Waals surface area contributed by atoms with E-state index in [0.717, 1.165) is 6.21 Å². The molecule has 2 aromatic carbocycles. The van der Waals surface area contributed by atoms with Gasteiger partial charge in [0.25, 0.3) is 23.6 Å². The third kappa shape index (κ3) is 15.2. The monoisotopic (exact) mass is 648 g/mol. The number of rotatable bonds is 19. The number of carbonyl (C=O) groups excluding carboxylic acids is 6. The van der Waals surface area contributed by atoms with E-state index in [2.05, 4.69) is 31.3 Å². The van der Waals surface area contributed by atoms with Gasteiger partial charge in [-0.15, -0.1) is 0 Å². The van der Waals surface area contributed by atoms with Gasteiger partial charge in [-0.05, 0) is 82.8 Å². The Hall–Kier alpha value is -5.08. The molecule has 0 spiro atoms. The van der Waals surface area contributed by atoms with Gasteiger partial charge < -0.3 is 32.7 Å². The van der Waals surface area contributed by atoms with Crippen LogP contribution in [0.4, 0.5) is 0 Å². The summed E-state index contributed by atoms with van der Waals surface area (Å²) in [6, 6.07) is 14.8. The van der Waals surface area contributed by atoms with E-state index < -0.39 is 47.5 Å². The molecule has 6 amide bonds. The topological polar surface area (TPSA) is 227 Å². The Kier molecular flexibility index (Phi) is 17.5. The van der Waals surface area contributed by atoms with Crippen molar-refractivity contribution in [3.05, 3.63) is 71.8 Å². The fraction of sp³-hybridized carbons (Fsp3) is 0.394. The van der Waals surface area contributed by atoms with E-state index >= 15 is 0 Å². The maximum Gasteiger partial charge on any atom is 0.268 e. The Balaban J connectivity index is 2.00. The summed E-state index contributed by atoms with van der Waals surface area (Å²) in [6.45, 7) is 1.58. The number of carbonyl (C=O) groups is 6. The number of aliphatic imine (C=N–C) groups is 2. The molecule has 14 heteroatoms. The van der Waals surface area contributed by atoms with E-state index in [1.54, 1.807) is 60.7 Å². The van der Waals surface area contributed by atoms with E-state index in [1.807, 2.05) is 0 Å². The first-order valence-electron chi connectivity index (χ1n) is 15.5. The molecule has 0 aliphatic carbocycles. The molecule has 47 heavy (non-hydrogen) atoms.